The van der Waals surface area contributed by atoms with Crippen molar-refractivity contribution in [2.24, 2.45) is 0 Å². The third-order valence-electron chi connectivity index (χ3n) is 3.26. The molecule has 0 aliphatic rings. The summed E-state index contributed by atoms with van der Waals surface area (Å²) in [6, 6.07) is 13.1. The van der Waals surface area contributed by atoms with Crippen LogP contribution in [0.3, 0.4) is 0 Å². The number of halogens is 1. The number of rotatable bonds is 5. The topological polar surface area (TPSA) is 38.3 Å². The van der Waals surface area contributed by atoms with Crippen LogP contribution in [0.4, 0.5) is 5.69 Å². The Balaban J connectivity index is 2.10. The summed E-state index contributed by atoms with van der Waals surface area (Å²) < 4.78 is 5.74. The molecule has 2 aromatic carbocycles. The minimum Gasteiger partial charge on any atom is -0.479 e. The third kappa shape index (κ3) is 4.25. The molecule has 0 heterocycles. The van der Waals surface area contributed by atoms with Gasteiger partial charge in [0.05, 0.1) is 5.02 Å². The normalized spacial score (nSPS) is 11.8. The van der Waals surface area contributed by atoms with E-state index < -0.39 is 6.10 Å². The van der Waals surface area contributed by atoms with Crippen molar-refractivity contribution in [3.05, 3.63) is 58.6 Å². The number of nitrogens with one attached hydrogen (secondary N) is 1. The van der Waals surface area contributed by atoms with E-state index in [4.69, 9.17) is 16.3 Å². The van der Waals surface area contributed by atoms with Crippen LogP contribution in [-0.2, 0) is 4.79 Å². The first-order chi connectivity index (χ1) is 10.5. The lowest BCUT2D eigenvalue weighted by atomic mass is 10.1. The Morgan fingerprint density at radius 2 is 1.82 bits per heavy atom. The molecule has 0 bridgehead atoms. The molecule has 0 aromatic heterocycles. The molecule has 2 rings (SSSR count). The van der Waals surface area contributed by atoms with Gasteiger partial charge in [-0.05, 0) is 55.7 Å². The molecule has 22 heavy (non-hydrogen) atoms. The highest BCUT2D eigenvalue weighted by Gasteiger charge is 2.19. The van der Waals surface area contributed by atoms with E-state index in [1.54, 1.807) is 12.1 Å². The fourth-order valence-electron chi connectivity index (χ4n) is 2.29. The predicted molar refractivity (Wildman–Crippen MR) is 90.7 cm³/mol. The Bertz CT molecular complexity index is 650. The van der Waals surface area contributed by atoms with Gasteiger partial charge in [-0.15, -0.1) is 0 Å². The Labute approximate surface area is 136 Å². The van der Waals surface area contributed by atoms with Crippen LogP contribution in [0.1, 0.15) is 24.5 Å². The molecule has 0 aliphatic heterocycles. The van der Waals surface area contributed by atoms with E-state index in [1.165, 1.54) is 0 Å². The summed E-state index contributed by atoms with van der Waals surface area (Å²) in [5, 5.41) is 3.41. The molecule has 0 fully saturated rings. The highest BCUT2D eigenvalue weighted by molar-refractivity contribution is 6.32. The van der Waals surface area contributed by atoms with Crippen molar-refractivity contribution in [1.29, 1.82) is 0 Å². The molecular weight excluding hydrogens is 298 g/mol. The zero-order chi connectivity index (χ0) is 16.1. The van der Waals surface area contributed by atoms with E-state index in [2.05, 4.69) is 11.4 Å². The molecule has 0 radical (unpaired) electrons. The fourth-order valence-corrected chi connectivity index (χ4v) is 2.47. The lowest BCUT2D eigenvalue weighted by Crippen LogP contribution is -2.32. The van der Waals surface area contributed by atoms with Gasteiger partial charge in [0.25, 0.3) is 5.91 Å². The number of carbonyl (C=O) groups is 1. The molecule has 4 heteroatoms. The predicted octanol–water partition coefficient (Wildman–Crippen LogP) is 4.75. The first-order valence-electron chi connectivity index (χ1n) is 7.30. The molecule has 0 unspecified atom stereocenters. The maximum Gasteiger partial charge on any atom is 0.265 e. The van der Waals surface area contributed by atoms with Crippen molar-refractivity contribution >= 4 is 23.2 Å². The van der Waals surface area contributed by atoms with E-state index in [-0.39, 0.29) is 5.91 Å². The number of anilines is 1. The number of aryl methyl sites for hydroxylation is 2. The average Bonchev–Trinajstić information content (AvgIpc) is 2.45. The molecule has 1 N–H and O–H groups in total. The van der Waals surface area contributed by atoms with Crippen LogP contribution in [0.5, 0.6) is 5.75 Å². The first kappa shape index (κ1) is 16.4. The van der Waals surface area contributed by atoms with Gasteiger partial charge in [0.15, 0.2) is 6.10 Å². The maximum absolute atomic E-state index is 12.4. The van der Waals surface area contributed by atoms with E-state index in [1.807, 2.05) is 45.0 Å². The van der Waals surface area contributed by atoms with Gasteiger partial charge < -0.3 is 10.1 Å². The summed E-state index contributed by atoms with van der Waals surface area (Å²) in [4.78, 5) is 12.4. The van der Waals surface area contributed by atoms with Crippen molar-refractivity contribution in [3.8, 4) is 5.75 Å². The van der Waals surface area contributed by atoms with Crippen molar-refractivity contribution in [1.82, 2.24) is 0 Å². The van der Waals surface area contributed by atoms with Crippen LogP contribution >= 0.6 is 11.6 Å². The van der Waals surface area contributed by atoms with Crippen LogP contribution in [0.2, 0.25) is 5.02 Å². The number of hydrogen-bond acceptors (Lipinski definition) is 2. The molecule has 0 saturated heterocycles. The molecular formula is C18H20ClNO2. The molecule has 1 atom stereocenters. The van der Waals surface area contributed by atoms with Gasteiger partial charge >= 0.3 is 0 Å². The lowest BCUT2D eigenvalue weighted by molar-refractivity contribution is -0.122. The number of amides is 1. The number of benzene rings is 2. The first-order valence-corrected chi connectivity index (χ1v) is 7.67. The minimum atomic E-state index is -0.583. The van der Waals surface area contributed by atoms with Crippen molar-refractivity contribution < 1.29 is 9.53 Å². The summed E-state index contributed by atoms with van der Waals surface area (Å²) in [6.45, 7) is 5.91. The standard InChI is InChI=1S/C18H20ClNO2/c1-4-16(22-17-8-6-5-7-15(17)19)18(21)20-14-10-12(2)9-13(3)11-14/h5-11,16H,4H2,1-3H3,(H,20,21)/t16-/m1/s1. The second kappa shape index (κ2) is 7.32. The van der Waals surface area contributed by atoms with E-state index in [0.717, 1.165) is 16.8 Å². The zero-order valence-corrected chi connectivity index (χ0v) is 13.8. The molecule has 3 nitrogen and oxygen atoms in total. The van der Waals surface area contributed by atoms with Crippen molar-refractivity contribution in [2.75, 3.05) is 5.32 Å². The lowest BCUT2D eigenvalue weighted by Gasteiger charge is -2.18. The van der Waals surface area contributed by atoms with E-state index in [9.17, 15) is 4.79 Å². The summed E-state index contributed by atoms with van der Waals surface area (Å²) in [5.74, 6) is 0.346. The summed E-state index contributed by atoms with van der Waals surface area (Å²) in [6.07, 6.45) is -0.0253. The summed E-state index contributed by atoms with van der Waals surface area (Å²) in [7, 11) is 0. The quantitative estimate of drug-likeness (QED) is 0.864. The van der Waals surface area contributed by atoms with Crippen LogP contribution in [0, 0.1) is 13.8 Å². The third-order valence-corrected chi connectivity index (χ3v) is 3.57. The van der Waals surface area contributed by atoms with Gasteiger partial charge in [0.1, 0.15) is 5.75 Å². The fraction of sp³-hybridized carbons (Fsp3) is 0.278. The second-order valence-electron chi connectivity index (χ2n) is 5.31. The molecule has 0 spiro atoms. The molecule has 1 amide bonds. The number of para-hydroxylation sites is 1. The monoisotopic (exact) mass is 317 g/mol. The van der Waals surface area contributed by atoms with E-state index in [0.29, 0.717) is 17.2 Å². The maximum atomic E-state index is 12.4. The number of carbonyl (C=O) groups excluding carboxylic acids is 1. The highest BCUT2D eigenvalue weighted by Crippen LogP contribution is 2.25. The van der Waals surface area contributed by atoms with Gasteiger partial charge in [0, 0.05) is 5.69 Å². The largest absolute Gasteiger partial charge is 0.479 e. The van der Waals surface area contributed by atoms with Crippen LogP contribution in [-0.4, -0.2) is 12.0 Å². The zero-order valence-electron chi connectivity index (χ0n) is 13.0. The number of ether oxygens (including phenoxy) is 1. The Kier molecular flexibility index (Phi) is 5.45. The average molecular weight is 318 g/mol. The SMILES string of the molecule is CC[C@@H](Oc1ccccc1Cl)C(=O)Nc1cc(C)cc(C)c1. The van der Waals surface area contributed by atoms with Gasteiger partial charge in [-0.3, -0.25) is 4.79 Å². The van der Waals surface area contributed by atoms with Gasteiger partial charge in [-0.1, -0.05) is 36.7 Å². The smallest absolute Gasteiger partial charge is 0.265 e. The van der Waals surface area contributed by atoms with Crippen LogP contribution in [0.25, 0.3) is 0 Å². The van der Waals surface area contributed by atoms with Crippen molar-refractivity contribution in [3.63, 3.8) is 0 Å². The Hall–Kier alpha value is -2.00. The van der Waals surface area contributed by atoms with Crippen molar-refractivity contribution in [2.45, 2.75) is 33.3 Å². The summed E-state index contributed by atoms with van der Waals surface area (Å²) >= 11 is 6.08. The Morgan fingerprint density at radius 1 is 1.18 bits per heavy atom. The molecule has 116 valence electrons. The molecule has 0 aliphatic carbocycles. The van der Waals surface area contributed by atoms with Gasteiger partial charge in [0.2, 0.25) is 0 Å². The minimum absolute atomic E-state index is 0.174. The van der Waals surface area contributed by atoms with E-state index >= 15 is 0 Å². The number of hydrogen-bond donors (Lipinski definition) is 1. The summed E-state index contributed by atoms with van der Waals surface area (Å²) in [5.41, 5.74) is 2.99. The molecule has 2 aromatic rings. The second-order valence-corrected chi connectivity index (χ2v) is 5.72. The highest BCUT2D eigenvalue weighted by atomic mass is 35.5. The Morgan fingerprint density at radius 3 is 2.41 bits per heavy atom. The van der Waals surface area contributed by atoms with Gasteiger partial charge in [-0.25, -0.2) is 0 Å². The van der Waals surface area contributed by atoms with Crippen LogP contribution in [0.15, 0.2) is 42.5 Å². The van der Waals surface area contributed by atoms with Gasteiger partial charge in [-0.2, -0.15) is 0 Å². The van der Waals surface area contributed by atoms with Crippen LogP contribution < -0.4 is 10.1 Å². The molecule has 0 saturated carbocycles.